The molecule has 0 fully saturated rings. The second-order valence-electron chi connectivity index (χ2n) is 4.00. The molecule has 0 saturated carbocycles. The Bertz CT molecular complexity index is 549. The Morgan fingerprint density at radius 2 is 1.94 bits per heavy atom. The topological polar surface area (TPSA) is 12.0 Å². The summed E-state index contributed by atoms with van der Waals surface area (Å²) >= 11 is 17.3. The summed E-state index contributed by atoms with van der Waals surface area (Å²) in [6, 6.07) is 8.05. The van der Waals surface area contributed by atoms with Gasteiger partial charge in [0.25, 0.3) is 0 Å². The zero-order chi connectivity index (χ0) is 13.3. The van der Waals surface area contributed by atoms with Crippen LogP contribution in [0.2, 0.25) is 10.0 Å². The van der Waals surface area contributed by atoms with Crippen molar-refractivity contribution in [3.63, 3.8) is 0 Å². The second kappa shape index (κ2) is 5.93. The molecule has 1 unspecified atom stereocenters. The zero-order valence-electron chi connectivity index (χ0n) is 9.93. The van der Waals surface area contributed by atoms with E-state index in [1.54, 1.807) is 11.3 Å². The summed E-state index contributed by atoms with van der Waals surface area (Å²) < 4.78 is 1.16. The molecule has 18 heavy (non-hydrogen) atoms. The number of rotatable bonds is 3. The van der Waals surface area contributed by atoms with Crippen molar-refractivity contribution < 1.29 is 0 Å². The summed E-state index contributed by atoms with van der Waals surface area (Å²) in [4.78, 5) is 1.25. The van der Waals surface area contributed by atoms with Crippen LogP contribution in [0.1, 0.15) is 22.0 Å². The van der Waals surface area contributed by atoms with Crippen molar-refractivity contribution in [1.29, 1.82) is 0 Å². The van der Waals surface area contributed by atoms with Crippen molar-refractivity contribution in [3.05, 3.63) is 54.1 Å². The molecule has 0 amide bonds. The first-order chi connectivity index (χ1) is 8.52. The maximum Gasteiger partial charge on any atom is 0.0731 e. The number of hydrogen-bond donors (Lipinski definition) is 1. The molecule has 5 heteroatoms. The molecule has 2 aromatic rings. The van der Waals surface area contributed by atoms with E-state index in [2.05, 4.69) is 34.2 Å². The van der Waals surface area contributed by atoms with E-state index < -0.39 is 0 Å². The lowest BCUT2D eigenvalue weighted by atomic mass is 10.1. The van der Waals surface area contributed by atoms with Gasteiger partial charge in [-0.1, -0.05) is 29.3 Å². The minimum absolute atomic E-state index is 0.134. The Morgan fingerprint density at radius 1 is 1.22 bits per heavy atom. The molecule has 1 heterocycles. The van der Waals surface area contributed by atoms with Gasteiger partial charge in [0.05, 0.1) is 19.9 Å². The van der Waals surface area contributed by atoms with Crippen LogP contribution in [-0.2, 0) is 0 Å². The lowest BCUT2D eigenvalue weighted by molar-refractivity contribution is 0.703. The zero-order valence-corrected chi connectivity index (χ0v) is 13.8. The van der Waals surface area contributed by atoms with E-state index in [4.69, 9.17) is 23.2 Å². The standard InChI is InChI=1S/C13H12BrCl2NS/c1-7-5-11(18-13(7)14)12(17-2)8-3-4-9(15)10(16)6-8/h3-6,12,17H,1-2H3. The first kappa shape index (κ1) is 14.4. The third-order valence-corrected chi connectivity index (χ3v) is 5.67. The van der Waals surface area contributed by atoms with Crippen molar-refractivity contribution in [2.24, 2.45) is 0 Å². The quantitative estimate of drug-likeness (QED) is 0.765. The van der Waals surface area contributed by atoms with Gasteiger partial charge in [0.2, 0.25) is 0 Å². The largest absolute Gasteiger partial charge is 0.309 e. The average molecular weight is 365 g/mol. The fraction of sp³-hybridized carbons (Fsp3) is 0.231. The van der Waals surface area contributed by atoms with Crippen LogP contribution in [0.25, 0.3) is 0 Å². The molecule has 0 aliphatic heterocycles. The molecule has 1 nitrogen and oxygen atoms in total. The molecular weight excluding hydrogens is 353 g/mol. The van der Waals surface area contributed by atoms with Gasteiger partial charge in [-0.05, 0) is 59.2 Å². The van der Waals surface area contributed by atoms with Gasteiger partial charge in [-0.3, -0.25) is 0 Å². The van der Waals surface area contributed by atoms with Crippen LogP contribution in [0.15, 0.2) is 28.1 Å². The molecule has 0 saturated heterocycles. The van der Waals surface area contributed by atoms with Crippen LogP contribution < -0.4 is 5.32 Å². The van der Waals surface area contributed by atoms with Crippen LogP contribution in [0.4, 0.5) is 0 Å². The van der Waals surface area contributed by atoms with Gasteiger partial charge in [0.15, 0.2) is 0 Å². The van der Waals surface area contributed by atoms with Crippen LogP contribution in [0, 0.1) is 6.92 Å². The van der Waals surface area contributed by atoms with Gasteiger partial charge >= 0.3 is 0 Å². The molecule has 0 spiro atoms. The van der Waals surface area contributed by atoms with Crippen LogP contribution in [-0.4, -0.2) is 7.05 Å². The third-order valence-electron chi connectivity index (χ3n) is 2.73. The summed E-state index contributed by atoms with van der Waals surface area (Å²) in [5.41, 5.74) is 2.36. The number of nitrogens with one attached hydrogen (secondary N) is 1. The highest BCUT2D eigenvalue weighted by atomic mass is 79.9. The number of aryl methyl sites for hydroxylation is 1. The summed E-state index contributed by atoms with van der Waals surface area (Å²) in [5, 5.41) is 4.48. The van der Waals surface area contributed by atoms with Gasteiger partial charge in [-0.2, -0.15) is 0 Å². The average Bonchev–Trinajstić information content (AvgIpc) is 2.65. The summed E-state index contributed by atoms with van der Waals surface area (Å²) in [5.74, 6) is 0. The highest BCUT2D eigenvalue weighted by molar-refractivity contribution is 9.11. The number of halogens is 3. The van der Waals surface area contributed by atoms with Crippen molar-refractivity contribution in [2.75, 3.05) is 7.05 Å². The fourth-order valence-corrected chi connectivity index (χ4v) is 3.81. The summed E-state index contributed by atoms with van der Waals surface area (Å²) in [6.45, 7) is 2.09. The third kappa shape index (κ3) is 2.91. The lowest BCUT2D eigenvalue weighted by Gasteiger charge is -2.15. The number of benzene rings is 1. The highest BCUT2D eigenvalue weighted by Gasteiger charge is 2.16. The monoisotopic (exact) mass is 363 g/mol. The van der Waals surface area contributed by atoms with Crippen LogP contribution >= 0.6 is 50.5 Å². The fourth-order valence-electron chi connectivity index (χ4n) is 1.79. The first-order valence-corrected chi connectivity index (χ1v) is 7.77. The van der Waals surface area contributed by atoms with E-state index in [-0.39, 0.29) is 6.04 Å². The van der Waals surface area contributed by atoms with Crippen LogP contribution in [0.5, 0.6) is 0 Å². The van der Waals surface area contributed by atoms with Crippen molar-refractivity contribution >= 4 is 50.5 Å². The van der Waals surface area contributed by atoms with E-state index >= 15 is 0 Å². The minimum Gasteiger partial charge on any atom is -0.309 e. The molecule has 96 valence electrons. The first-order valence-electron chi connectivity index (χ1n) is 5.41. The second-order valence-corrected chi connectivity index (χ2v) is 7.22. The molecule has 0 aliphatic rings. The Hall–Kier alpha value is -0.0600. The molecule has 0 aliphatic carbocycles. The number of hydrogen-bond acceptors (Lipinski definition) is 2. The predicted molar refractivity (Wildman–Crippen MR) is 84.1 cm³/mol. The van der Waals surface area contributed by atoms with Gasteiger partial charge in [-0.25, -0.2) is 0 Å². The Morgan fingerprint density at radius 3 is 2.44 bits per heavy atom. The molecule has 0 radical (unpaired) electrons. The van der Waals surface area contributed by atoms with E-state index in [1.165, 1.54) is 10.4 Å². The molecule has 1 aromatic heterocycles. The number of thiophene rings is 1. The highest BCUT2D eigenvalue weighted by Crippen LogP contribution is 2.35. The van der Waals surface area contributed by atoms with Gasteiger partial charge in [0, 0.05) is 4.88 Å². The minimum atomic E-state index is 0.134. The van der Waals surface area contributed by atoms with Gasteiger partial charge in [-0.15, -0.1) is 11.3 Å². The Balaban J connectivity index is 2.41. The van der Waals surface area contributed by atoms with E-state index in [1.807, 2.05) is 25.2 Å². The molecule has 1 N–H and O–H groups in total. The van der Waals surface area contributed by atoms with E-state index in [0.29, 0.717) is 10.0 Å². The Labute approximate surface area is 129 Å². The molecule has 0 bridgehead atoms. The van der Waals surface area contributed by atoms with E-state index in [0.717, 1.165) is 9.35 Å². The molecular formula is C13H12BrCl2NS. The van der Waals surface area contributed by atoms with Crippen molar-refractivity contribution in [2.45, 2.75) is 13.0 Å². The predicted octanol–water partition coefficient (Wildman–Crippen LogP) is 5.43. The molecule has 2 rings (SSSR count). The van der Waals surface area contributed by atoms with Gasteiger partial charge < -0.3 is 5.32 Å². The Kier molecular flexibility index (Phi) is 4.73. The lowest BCUT2D eigenvalue weighted by Crippen LogP contribution is -2.16. The summed E-state index contributed by atoms with van der Waals surface area (Å²) in [7, 11) is 1.94. The maximum absolute atomic E-state index is 6.07. The normalized spacial score (nSPS) is 12.7. The van der Waals surface area contributed by atoms with E-state index in [9.17, 15) is 0 Å². The smallest absolute Gasteiger partial charge is 0.0731 e. The molecule has 1 atom stereocenters. The van der Waals surface area contributed by atoms with Crippen molar-refractivity contribution in [1.82, 2.24) is 5.32 Å². The molecule has 1 aromatic carbocycles. The van der Waals surface area contributed by atoms with Crippen LogP contribution in [0.3, 0.4) is 0 Å². The maximum atomic E-state index is 6.07. The SMILES string of the molecule is CNC(c1ccc(Cl)c(Cl)c1)c1cc(C)c(Br)s1. The summed E-state index contributed by atoms with van der Waals surface area (Å²) in [6.07, 6.45) is 0. The van der Waals surface area contributed by atoms with Gasteiger partial charge in [0.1, 0.15) is 0 Å². The van der Waals surface area contributed by atoms with Crippen molar-refractivity contribution in [3.8, 4) is 0 Å².